The van der Waals surface area contributed by atoms with Gasteiger partial charge < -0.3 is 5.73 Å². The molecule has 92 valence electrons. The van der Waals surface area contributed by atoms with E-state index in [0.717, 1.165) is 23.5 Å². The van der Waals surface area contributed by atoms with Crippen LogP contribution in [0.4, 0.5) is 0 Å². The number of aromatic nitrogens is 4. The molecule has 3 aromatic rings. The summed E-state index contributed by atoms with van der Waals surface area (Å²) in [7, 11) is 0. The summed E-state index contributed by atoms with van der Waals surface area (Å²) in [5, 5.41) is 3.22. The average Bonchev–Trinajstić information content (AvgIpc) is 2.87. The molecular formula is C13H15N5. The second-order valence-electron chi connectivity index (χ2n) is 4.38. The van der Waals surface area contributed by atoms with Gasteiger partial charge >= 0.3 is 0 Å². The van der Waals surface area contributed by atoms with Gasteiger partial charge in [0.2, 0.25) is 0 Å². The van der Waals surface area contributed by atoms with E-state index in [9.17, 15) is 0 Å². The molecule has 0 aliphatic carbocycles. The summed E-state index contributed by atoms with van der Waals surface area (Å²) in [5.74, 6) is 1.52. The van der Waals surface area contributed by atoms with Gasteiger partial charge in [-0.1, -0.05) is 23.8 Å². The molecule has 0 fully saturated rings. The second kappa shape index (κ2) is 4.27. The number of nitrogens with zero attached hydrogens (tertiary/aromatic N) is 3. The fourth-order valence-corrected chi connectivity index (χ4v) is 2.01. The zero-order valence-electron chi connectivity index (χ0n) is 10.2. The van der Waals surface area contributed by atoms with E-state index in [1.54, 1.807) is 0 Å². The third-order valence-corrected chi connectivity index (χ3v) is 2.87. The van der Waals surface area contributed by atoms with Crippen LogP contribution < -0.4 is 5.73 Å². The molecule has 0 aliphatic heterocycles. The Hall–Kier alpha value is -2.14. The van der Waals surface area contributed by atoms with Crippen molar-refractivity contribution in [3.8, 4) is 11.4 Å². The summed E-state index contributed by atoms with van der Waals surface area (Å²) < 4.78 is 1.84. The van der Waals surface area contributed by atoms with Gasteiger partial charge in [-0.2, -0.15) is 4.98 Å². The Kier molecular flexibility index (Phi) is 2.60. The molecule has 5 nitrogen and oxygen atoms in total. The standard InChI is InChI=1S/C13H15N5/c1-9-3-2-4-10(7-9)12-16-13-15-11(5-6-14)8-18(13)17-12/h2-4,7-8H,5-6,14H2,1H3,(H,15,16,17). The summed E-state index contributed by atoms with van der Waals surface area (Å²) in [5.41, 5.74) is 8.76. The average molecular weight is 241 g/mol. The van der Waals surface area contributed by atoms with Crippen LogP contribution in [0.5, 0.6) is 0 Å². The highest BCUT2D eigenvalue weighted by molar-refractivity contribution is 5.57. The quantitative estimate of drug-likeness (QED) is 0.730. The third kappa shape index (κ3) is 1.89. The number of hydrogen-bond donors (Lipinski definition) is 2. The van der Waals surface area contributed by atoms with Gasteiger partial charge in [0.05, 0.1) is 11.9 Å². The maximum atomic E-state index is 5.51. The van der Waals surface area contributed by atoms with Crippen molar-refractivity contribution in [2.75, 3.05) is 6.54 Å². The fourth-order valence-electron chi connectivity index (χ4n) is 2.01. The number of nitrogens with two attached hydrogens (primary N) is 1. The first-order chi connectivity index (χ1) is 8.76. The molecule has 3 rings (SSSR count). The van der Waals surface area contributed by atoms with E-state index in [0.29, 0.717) is 12.3 Å². The van der Waals surface area contributed by atoms with Crippen LogP contribution in [0.25, 0.3) is 17.2 Å². The van der Waals surface area contributed by atoms with E-state index in [4.69, 9.17) is 5.73 Å². The first kappa shape index (κ1) is 11.0. The zero-order chi connectivity index (χ0) is 12.5. The Morgan fingerprint density at radius 2 is 2.22 bits per heavy atom. The van der Waals surface area contributed by atoms with Crippen molar-refractivity contribution in [2.24, 2.45) is 5.73 Å². The normalized spacial score (nSPS) is 11.2. The predicted octanol–water partition coefficient (Wildman–Crippen LogP) is 1.53. The molecule has 0 spiro atoms. The van der Waals surface area contributed by atoms with Gasteiger partial charge in [0.25, 0.3) is 5.78 Å². The van der Waals surface area contributed by atoms with Crippen molar-refractivity contribution < 1.29 is 0 Å². The summed E-state index contributed by atoms with van der Waals surface area (Å²) in [6.45, 7) is 2.67. The smallest absolute Gasteiger partial charge is 0.251 e. The van der Waals surface area contributed by atoms with E-state index in [1.807, 2.05) is 22.8 Å². The number of fused-ring (bicyclic) bond motifs is 1. The molecule has 0 radical (unpaired) electrons. The Morgan fingerprint density at radius 3 is 2.94 bits per heavy atom. The molecule has 2 aromatic heterocycles. The second-order valence-corrected chi connectivity index (χ2v) is 4.38. The van der Waals surface area contributed by atoms with E-state index in [1.165, 1.54) is 5.56 Å². The molecule has 5 heteroatoms. The number of aromatic amines is 1. The summed E-state index contributed by atoms with van der Waals surface area (Å²) in [4.78, 5) is 8.89. The SMILES string of the molecule is Cc1cccc(-c2nc3nc(CCN)cn3[nH]2)c1. The van der Waals surface area contributed by atoms with Crippen LogP contribution >= 0.6 is 0 Å². The van der Waals surface area contributed by atoms with Crippen molar-refractivity contribution in [1.29, 1.82) is 0 Å². The van der Waals surface area contributed by atoms with Gasteiger partial charge in [0, 0.05) is 12.0 Å². The molecule has 0 unspecified atom stereocenters. The van der Waals surface area contributed by atoms with Crippen molar-refractivity contribution in [3.63, 3.8) is 0 Å². The molecule has 0 amide bonds. The number of H-pyrrole nitrogens is 1. The van der Waals surface area contributed by atoms with Crippen molar-refractivity contribution >= 4 is 5.78 Å². The van der Waals surface area contributed by atoms with Crippen molar-refractivity contribution in [2.45, 2.75) is 13.3 Å². The third-order valence-electron chi connectivity index (χ3n) is 2.87. The summed E-state index contributed by atoms with van der Waals surface area (Å²) >= 11 is 0. The van der Waals surface area contributed by atoms with Crippen LogP contribution in [0.3, 0.4) is 0 Å². The maximum Gasteiger partial charge on any atom is 0.251 e. The molecule has 2 heterocycles. The Balaban J connectivity index is 2.01. The minimum atomic E-state index is 0.602. The molecule has 0 aliphatic rings. The van der Waals surface area contributed by atoms with Gasteiger partial charge in [-0.25, -0.2) is 9.50 Å². The highest BCUT2D eigenvalue weighted by Gasteiger charge is 2.08. The van der Waals surface area contributed by atoms with Crippen LogP contribution in [0.2, 0.25) is 0 Å². The molecule has 0 saturated heterocycles. The topological polar surface area (TPSA) is 72.0 Å². The molecule has 1 aromatic carbocycles. The zero-order valence-corrected chi connectivity index (χ0v) is 10.2. The van der Waals surface area contributed by atoms with Crippen LogP contribution in [0.1, 0.15) is 11.3 Å². The lowest BCUT2D eigenvalue weighted by Gasteiger charge is -1.97. The van der Waals surface area contributed by atoms with Gasteiger partial charge in [-0.05, 0) is 19.5 Å². The Labute approximate surface area is 105 Å². The highest BCUT2D eigenvalue weighted by atomic mass is 15.3. The molecular weight excluding hydrogens is 226 g/mol. The van der Waals surface area contributed by atoms with Crippen molar-refractivity contribution in [3.05, 3.63) is 41.7 Å². The van der Waals surface area contributed by atoms with Crippen LogP contribution in [-0.4, -0.2) is 26.1 Å². The first-order valence-electron chi connectivity index (χ1n) is 5.97. The summed E-state index contributed by atoms with van der Waals surface area (Å²) in [6.07, 6.45) is 2.71. The fraction of sp³-hybridized carbons (Fsp3) is 0.231. The van der Waals surface area contributed by atoms with E-state index < -0.39 is 0 Å². The molecule has 3 N–H and O–H groups in total. The van der Waals surface area contributed by atoms with Gasteiger partial charge in [-0.3, -0.25) is 5.10 Å². The van der Waals surface area contributed by atoms with E-state index in [2.05, 4.69) is 34.1 Å². The highest BCUT2D eigenvalue weighted by Crippen LogP contribution is 2.17. The van der Waals surface area contributed by atoms with E-state index >= 15 is 0 Å². The van der Waals surface area contributed by atoms with Crippen LogP contribution in [-0.2, 0) is 6.42 Å². The Bertz CT molecular complexity index is 648. The molecule has 0 saturated carbocycles. The molecule has 0 bridgehead atoms. The van der Waals surface area contributed by atoms with Gasteiger partial charge in [-0.15, -0.1) is 0 Å². The van der Waals surface area contributed by atoms with Gasteiger partial charge in [0.15, 0.2) is 5.82 Å². The minimum Gasteiger partial charge on any atom is -0.330 e. The predicted molar refractivity (Wildman–Crippen MR) is 70.3 cm³/mol. The number of hydrogen-bond acceptors (Lipinski definition) is 3. The largest absolute Gasteiger partial charge is 0.330 e. The maximum absolute atomic E-state index is 5.51. The van der Waals surface area contributed by atoms with E-state index in [-0.39, 0.29) is 0 Å². The number of nitrogens with one attached hydrogen (secondary N) is 1. The number of benzene rings is 1. The van der Waals surface area contributed by atoms with Gasteiger partial charge in [0.1, 0.15) is 0 Å². The lowest BCUT2D eigenvalue weighted by Crippen LogP contribution is -2.02. The summed E-state index contributed by atoms with van der Waals surface area (Å²) in [6, 6.07) is 8.22. The number of imidazole rings is 1. The monoisotopic (exact) mass is 241 g/mol. The van der Waals surface area contributed by atoms with Crippen LogP contribution in [0, 0.1) is 6.92 Å². The lowest BCUT2D eigenvalue weighted by atomic mass is 10.1. The number of rotatable bonds is 3. The molecule has 0 atom stereocenters. The lowest BCUT2D eigenvalue weighted by molar-refractivity contribution is 0.922. The minimum absolute atomic E-state index is 0.602. The van der Waals surface area contributed by atoms with Crippen LogP contribution in [0.15, 0.2) is 30.5 Å². The molecule has 18 heavy (non-hydrogen) atoms. The first-order valence-corrected chi connectivity index (χ1v) is 5.97. The Morgan fingerprint density at radius 1 is 1.33 bits per heavy atom. The number of aryl methyl sites for hydroxylation is 1. The van der Waals surface area contributed by atoms with Crippen molar-refractivity contribution in [1.82, 2.24) is 19.6 Å².